The molecule has 1 aromatic rings. The van der Waals surface area contributed by atoms with Crippen molar-refractivity contribution in [1.29, 1.82) is 0 Å². The Morgan fingerprint density at radius 1 is 1.40 bits per heavy atom. The number of nitrogen functional groups attached to an aromatic ring is 1. The molecular formula is C11H17N2O2+. The highest BCUT2D eigenvalue weighted by Crippen LogP contribution is 2.06. The molecule has 0 saturated carbocycles. The normalized spacial score (nSPS) is 9.93. The van der Waals surface area contributed by atoms with Crippen LogP contribution in [0.25, 0.3) is 0 Å². The first-order valence-electron chi connectivity index (χ1n) is 5.08. The number of hydrogen-bond acceptors (Lipinski definition) is 3. The third-order valence-electron chi connectivity index (χ3n) is 1.99. The van der Waals surface area contributed by atoms with Crippen LogP contribution in [0, 0.1) is 0 Å². The number of rotatable bonds is 5. The minimum atomic E-state index is -0.292. The Bertz CT molecular complexity index is 309. The van der Waals surface area contributed by atoms with Gasteiger partial charge in [-0.2, -0.15) is 0 Å². The summed E-state index contributed by atoms with van der Waals surface area (Å²) in [7, 11) is 0. The number of esters is 1. The summed E-state index contributed by atoms with van der Waals surface area (Å²) in [6, 6.07) is 6.71. The van der Waals surface area contributed by atoms with Gasteiger partial charge in [0.05, 0.1) is 12.1 Å². The van der Waals surface area contributed by atoms with Crippen LogP contribution in [-0.4, -0.2) is 25.7 Å². The van der Waals surface area contributed by atoms with Gasteiger partial charge in [-0.1, -0.05) is 0 Å². The van der Waals surface area contributed by atoms with E-state index in [9.17, 15) is 4.79 Å². The van der Waals surface area contributed by atoms with E-state index < -0.39 is 0 Å². The van der Waals surface area contributed by atoms with Gasteiger partial charge < -0.3 is 15.8 Å². The SMILES string of the molecule is CC[NH2+]CCOC(=O)c1ccc(N)cc1. The number of hydrogen-bond donors (Lipinski definition) is 2. The lowest BCUT2D eigenvalue weighted by molar-refractivity contribution is -0.652. The molecule has 0 heterocycles. The third kappa shape index (κ3) is 3.99. The molecule has 1 rings (SSSR count). The molecule has 0 radical (unpaired) electrons. The minimum Gasteiger partial charge on any atom is -0.456 e. The number of benzene rings is 1. The van der Waals surface area contributed by atoms with Crippen molar-refractivity contribution in [2.24, 2.45) is 0 Å². The van der Waals surface area contributed by atoms with Gasteiger partial charge in [-0.15, -0.1) is 0 Å². The number of ether oxygens (including phenoxy) is 1. The highest BCUT2D eigenvalue weighted by Gasteiger charge is 2.05. The van der Waals surface area contributed by atoms with Gasteiger partial charge >= 0.3 is 5.97 Å². The topological polar surface area (TPSA) is 68.9 Å². The lowest BCUT2D eigenvalue weighted by Gasteiger charge is -2.03. The summed E-state index contributed by atoms with van der Waals surface area (Å²) in [4.78, 5) is 11.4. The molecule has 0 aromatic heterocycles. The summed E-state index contributed by atoms with van der Waals surface area (Å²) in [6.07, 6.45) is 0. The second-order valence-corrected chi connectivity index (χ2v) is 3.24. The number of anilines is 1. The summed E-state index contributed by atoms with van der Waals surface area (Å²) < 4.78 is 5.06. The van der Waals surface area contributed by atoms with Crippen molar-refractivity contribution in [2.45, 2.75) is 6.92 Å². The van der Waals surface area contributed by atoms with Gasteiger partial charge in [0.25, 0.3) is 0 Å². The average Bonchev–Trinajstić information content (AvgIpc) is 2.25. The van der Waals surface area contributed by atoms with Crippen LogP contribution in [-0.2, 0) is 4.74 Å². The van der Waals surface area contributed by atoms with Gasteiger partial charge in [-0.05, 0) is 31.2 Å². The summed E-state index contributed by atoms with van der Waals surface area (Å²) in [5, 5.41) is 2.08. The van der Waals surface area contributed by atoms with Gasteiger partial charge in [-0.25, -0.2) is 4.79 Å². The maximum Gasteiger partial charge on any atom is 0.338 e. The van der Waals surface area contributed by atoms with Gasteiger partial charge in [-0.3, -0.25) is 0 Å². The number of carbonyl (C=O) groups excluding carboxylic acids is 1. The van der Waals surface area contributed by atoms with Crippen molar-refractivity contribution in [3.63, 3.8) is 0 Å². The molecule has 0 aliphatic heterocycles. The van der Waals surface area contributed by atoms with E-state index in [1.54, 1.807) is 24.3 Å². The first kappa shape index (κ1) is 11.5. The fraction of sp³-hybridized carbons (Fsp3) is 0.364. The monoisotopic (exact) mass is 209 g/mol. The van der Waals surface area contributed by atoms with Crippen LogP contribution in [0.2, 0.25) is 0 Å². The Morgan fingerprint density at radius 3 is 2.67 bits per heavy atom. The van der Waals surface area contributed by atoms with Gasteiger partial charge in [0.2, 0.25) is 0 Å². The molecular weight excluding hydrogens is 192 g/mol. The Morgan fingerprint density at radius 2 is 2.07 bits per heavy atom. The fourth-order valence-electron chi connectivity index (χ4n) is 1.14. The number of carbonyl (C=O) groups is 1. The second kappa shape index (κ2) is 6.03. The largest absolute Gasteiger partial charge is 0.456 e. The molecule has 15 heavy (non-hydrogen) atoms. The van der Waals surface area contributed by atoms with Crippen molar-refractivity contribution in [2.75, 3.05) is 25.4 Å². The van der Waals surface area contributed by atoms with E-state index in [1.165, 1.54) is 0 Å². The van der Waals surface area contributed by atoms with E-state index in [4.69, 9.17) is 10.5 Å². The van der Waals surface area contributed by atoms with Crippen molar-refractivity contribution < 1.29 is 14.8 Å². The van der Waals surface area contributed by atoms with Crippen LogP contribution in [0.15, 0.2) is 24.3 Å². The predicted octanol–water partition coefficient (Wildman–Crippen LogP) is 0.00890. The van der Waals surface area contributed by atoms with Crippen LogP contribution in [0.3, 0.4) is 0 Å². The molecule has 0 spiro atoms. The molecule has 0 bridgehead atoms. The Labute approximate surface area is 89.4 Å². The highest BCUT2D eigenvalue weighted by atomic mass is 16.5. The van der Waals surface area contributed by atoms with Crippen molar-refractivity contribution in [3.8, 4) is 0 Å². The van der Waals surface area contributed by atoms with Gasteiger partial charge in [0.1, 0.15) is 13.2 Å². The average molecular weight is 209 g/mol. The molecule has 0 fully saturated rings. The summed E-state index contributed by atoms with van der Waals surface area (Å²) >= 11 is 0. The van der Waals surface area contributed by atoms with Crippen LogP contribution in [0.1, 0.15) is 17.3 Å². The second-order valence-electron chi connectivity index (χ2n) is 3.24. The zero-order valence-electron chi connectivity index (χ0n) is 8.90. The van der Waals surface area contributed by atoms with E-state index >= 15 is 0 Å². The van der Waals surface area contributed by atoms with E-state index in [0.717, 1.165) is 13.1 Å². The molecule has 4 heteroatoms. The van der Waals surface area contributed by atoms with E-state index in [0.29, 0.717) is 17.9 Å². The minimum absolute atomic E-state index is 0.292. The van der Waals surface area contributed by atoms with E-state index in [-0.39, 0.29) is 5.97 Å². The quantitative estimate of drug-likeness (QED) is 0.408. The lowest BCUT2D eigenvalue weighted by atomic mass is 10.2. The summed E-state index contributed by atoms with van der Waals surface area (Å²) in [5.74, 6) is -0.292. The van der Waals surface area contributed by atoms with Crippen molar-refractivity contribution in [3.05, 3.63) is 29.8 Å². The molecule has 0 aliphatic rings. The highest BCUT2D eigenvalue weighted by molar-refractivity contribution is 5.89. The van der Waals surface area contributed by atoms with E-state index in [2.05, 4.69) is 12.2 Å². The summed E-state index contributed by atoms with van der Waals surface area (Å²) in [6.45, 7) is 4.30. The fourth-order valence-corrected chi connectivity index (χ4v) is 1.14. The lowest BCUT2D eigenvalue weighted by Crippen LogP contribution is -2.84. The molecule has 0 atom stereocenters. The third-order valence-corrected chi connectivity index (χ3v) is 1.99. The standard InChI is InChI=1S/C11H16N2O2/c1-2-13-7-8-15-11(14)9-3-5-10(12)6-4-9/h3-6,13H,2,7-8,12H2,1H3/p+1. The number of quaternary nitrogens is 1. The molecule has 1 aromatic carbocycles. The van der Waals surface area contributed by atoms with Crippen LogP contribution < -0.4 is 11.1 Å². The van der Waals surface area contributed by atoms with E-state index in [1.807, 2.05) is 0 Å². The smallest absolute Gasteiger partial charge is 0.338 e. The molecule has 82 valence electrons. The predicted molar refractivity (Wildman–Crippen MR) is 58.5 cm³/mol. The van der Waals surface area contributed by atoms with Gasteiger partial charge in [0.15, 0.2) is 0 Å². The number of nitrogens with two attached hydrogens (primary N) is 2. The van der Waals surface area contributed by atoms with Crippen LogP contribution in [0.5, 0.6) is 0 Å². The molecule has 0 aliphatic carbocycles. The maximum atomic E-state index is 11.4. The molecule has 0 saturated heterocycles. The number of likely N-dealkylation sites (N-methyl/N-ethyl adjacent to an activating group) is 1. The first-order valence-corrected chi connectivity index (χ1v) is 5.08. The zero-order chi connectivity index (χ0) is 11.1. The molecule has 4 N–H and O–H groups in total. The van der Waals surface area contributed by atoms with Crippen molar-refractivity contribution >= 4 is 11.7 Å². The molecule has 0 unspecified atom stereocenters. The Kier molecular flexibility index (Phi) is 4.63. The first-order chi connectivity index (χ1) is 7.24. The summed E-state index contributed by atoms with van der Waals surface area (Å²) in [5.41, 5.74) is 6.70. The van der Waals surface area contributed by atoms with Gasteiger partial charge in [0, 0.05) is 5.69 Å². The zero-order valence-corrected chi connectivity index (χ0v) is 8.90. The molecule has 0 amide bonds. The molecule has 4 nitrogen and oxygen atoms in total. The maximum absolute atomic E-state index is 11.4. The van der Waals surface area contributed by atoms with Crippen LogP contribution in [0.4, 0.5) is 5.69 Å². The Hall–Kier alpha value is -1.55. The van der Waals surface area contributed by atoms with Crippen molar-refractivity contribution in [1.82, 2.24) is 0 Å². The van der Waals surface area contributed by atoms with Crippen LogP contribution >= 0.6 is 0 Å². The Balaban J connectivity index is 2.37.